The highest BCUT2D eigenvalue weighted by atomic mass is 79.9. The van der Waals surface area contributed by atoms with Crippen LogP contribution in [0.25, 0.3) is 0 Å². The molecule has 0 fully saturated rings. The van der Waals surface area contributed by atoms with Crippen LogP contribution in [0, 0.1) is 0 Å². The highest BCUT2D eigenvalue weighted by Gasteiger charge is 2.20. The van der Waals surface area contributed by atoms with Crippen molar-refractivity contribution >= 4 is 27.8 Å². The lowest BCUT2D eigenvalue weighted by molar-refractivity contribution is -0.125. The molecule has 21 heavy (non-hydrogen) atoms. The number of ether oxygens (including phenoxy) is 2. The van der Waals surface area contributed by atoms with Gasteiger partial charge in [-0.1, -0.05) is 6.92 Å². The van der Waals surface area contributed by atoms with Crippen LogP contribution in [0.5, 0.6) is 5.75 Å². The zero-order valence-corrected chi connectivity index (χ0v) is 14.2. The molecule has 0 saturated heterocycles. The minimum Gasteiger partial charge on any atom is -0.497 e. The molecule has 1 N–H and O–H groups in total. The first kappa shape index (κ1) is 17.5. The molecule has 0 saturated carbocycles. The third kappa shape index (κ3) is 5.38. The maximum absolute atomic E-state index is 12.0. The largest absolute Gasteiger partial charge is 0.497 e. The minimum atomic E-state index is -0.578. The van der Waals surface area contributed by atoms with E-state index in [2.05, 4.69) is 21.2 Å². The normalized spacial score (nSPS) is 10.9. The van der Waals surface area contributed by atoms with Crippen LogP contribution < -0.4 is 10.1 Å². The Balaban J connectivity index is 2.64. The summed E-state index contributed by atoms with van der Waals surface area (Å²) in [5.41, 5.74) is -0.00283. The molecule has 5 nitrogen and oxygen atoms in total. The molecule has 0 bridgehead atoms. The first-order valence-electron chi connectivity index (χ1n) is 6.60. The first-order valence-corrected chi connectivity index (χ1v) is 7.40. The van der Waals surface area contributed by atoms with Gasteiger partial charge in [-0.25, -0.2) is 4.79 Å². The van der Waals surface area contributed by atoms with Crippen molar-refractivity contribution in [1.29, 1.82) is 0 Å². The summed E-state index contributed by atoms with van der Waals surface area (Å²) in [5, 5.41) is 2.80. The average Bonchev–Trinajstić information content (AvgIpc) is 2.45. The molecule has 116 valence electrons. The van der Waals surface area contributed by atoms with Gasteiger partial charge in [-0.05, 0) is 54.4 Å². The van der Waals surface area contributed by atoms with Gasteiger partial charge in [0.2, 0.25) is 0 Å². The monoisotopic (exact) mass is 357 g/mol. The van der Waals surface area contributed by atoms with E-state index in [4.69, 9.17) is 9.47 Å². The molecule has 1 amide bonds. The molecule has 0 radical (unpaired) electrons. The number of carbonyl (C=O) groups is 2. The standard InChI is InChI=1S/C15H20BrNO4/c1-5-15(2,3)17-13(18)9-21-14(19)11-8-10(20-4)6-7-12(11)16/h6-8H,5,9H2,1-4H3,(H,17,18). The summed E-state index contributed by atoms with van der Waals surface area (Å²) in [6, 6.07) is 4.97. The fourth-order valence-electron chi connectivity index (χ4n) is 1.50. The summed E-state index contributed by atoms with van der Waals surface area (Å²) in [7, 11) is 1.51. The minimum absolute atomic E-state index is 0.314. The van der Waals surface area contributed by atoms with Crippen LogP contribution in [0.2, 0.25) is 0 Å². The van der Waals surface area contributed by atoms with Crippen molar-refractivity contribution in [2.45, 2.75) is 32.7 Å². The number of nitrogens with one attached hydrogen (secondary N) is 1. The molecule has 0 heterocycles. The van der Waals surface area contributed by atoms with Crippen LogP contribution in [-0.2, 0) is 9.53 Å². The Labute approximate surface area is 133 Å². The number of amides is 1. The predicted octanol–water partition coefficient (Wildman–Crippen LogP) is 2.92. The van der Waals surface area contributed by atoms with E-state index in [0.717, 1.165) is 6.42 Å². The van der Waals surface area contributed by atoms with Gasteiger partial charge in [0.05, 0.1) is 12.7 Å². The van der Waals surface area contributed by atoms with Crippen molar-refractivity contribution in [3.63, 3.8) is 0 Å². The van der Waals surface area contributed by atoms with Crippen LogP contribution in [0.1, 0.15) is 37.6 Å². The summed E-state index contributed by atoms with van der Waals surface area (Å²) in [5.74, 6) is -0.360. The molecule has 1 aromatic rings. The molecule has 0 spiro atoms. The van der Waals surface area contributed by atoms with Gasteiger partial charge in [0.15, 0.2) is 6.61 Å². The van der Waals surface area contributed by atoms with Crippen LogP contribution in [0.3, 0.4) is 0 Å². The van der Waals surface area contributed by atoms with Gasteiger partial charge in [-0.3, -0.25) is 4.79 Å². The molecule has 0 unspecified atom stereocenters. The van der Waals surface area contributed by atoms with E-state index < -0.39 is 5.97 Å². The Bertz CT molecular complexity index is 528. The highest BCUT2D eigenvalue weighted by Crippen LogP contribution is 2.23. The van der Waals surface area contributed by atoms with Gasteiger partial charge in [0.1, 0.15) is 5.75 Å². The molecule has 0 atom stereocenters. The molecule has 0 aromatic heterocycles. The Morgan fingerprint density at radius 1 is 1.33 bits per heavy atom. The molecular formula is C15H20BrNO4. The summed E-state index contributed by atoms with van der Waals surface area (Å²) < 4.78 is 10.7. The molecule has 0 aliphatic rings. The van der Waals surface area contributed by atoms with E-state index >= 15 is 0 Å². The van der Waals surface area contributed by atoms with E-state index in [1.807, 2.05) is 20.8 Å². The molecule has 1 aromatic carbocycles. The second-order valence-corrected chi connectivity index (χ2v) is 6.06. The molecule has 1 rings (SSSR count). The third-order valence-electron chi connectivity index (χ3n) is 3.09. The van der Waals surface area contributed by atoms with Crippen molar-refractivity contribution in [2.24, 2.45) is 0 Å². The van der Waals surface area contributed by atoms with Crippen molar-refractivity contribution in [3.05, 3.63) is 28.2 Å². The first-order chi connectivity index (χ1) is 9.79. The lowest BCUT2D eigenvalue weighted by Crippen LogP contribution is -2.44. The Morgan fingerprint density at radius 3 is 2.57 bits per heavy atom. The van der Waals surface area contributed by atoms with Gasteiger partial charge in [0.25, 0.3) is 5.91 Å². The maximum atomic E-state index is 12.0. The van der Waals surface area contributed by atoms with Crippen LogP contribution >= 0.6 is 15.9 Å². The molecule has 0 aliphatic heterocycles. The van der Waals surface area contributed by atoms with Gasteiger partial charge in [-0.15, -0.1) is 0 Å². The summed E-state index contributed by atoms with van der Waals surface area (Å²) in [6.07, 6.45) is 0.786. The molecule has 0 aliphatic carbocycles. The number of halogens is 1. The van der Waals surface area contributed by atoms with Crippen LogP contribution in [0.4, 0.5) is 0 Å². The summed E-state index contributed by atoms with van der Waals surface area (Å²) >= 11 is 3.27. The number of methoxy groups -OCH3 is 1. The Hall–Kier alpha value is -1.56. The van der Waals surface area contributed by atoms with Gasteiger partial charge in [-0.2, -0.15) is 0 Å². The van der Waals surface area contributed by atoms with Gasteiger partial charge >= 0.3 is 5.97 Å². The zero-order chi connectivity index (χ0) is 16.0. The third-order valence-corrected chi connectivity index (χ3v) is 3.78. The summed E-state index contributed by atoms with van der Waals surface area (Å²) in [4.78, 5) is 23.7. The predicted molar refractivity (Wildman–Crippen MR) is 83.5 cm³/mol. The van der Waals surface area contributed by atoms with Gasteiger partial charge < -0.3 is 14.8 Å². The van der Waals surface area contributed by atoms with Crippen molar-refractivity contribution < 1.29 is 19.1 Å². The Morgan fingerprint density at radius 2 is 2.00 bits per heavy atom. The van der Waals surface area contributed by atoms with E-state index in [0.29, 0.717) is 15.8 Å². The number of hydrogen-bond donors (Lipinski definition) is 1. The number of esters is 1. The van der Waals surface area contributed by atoms with Crippen molar-refractivity contribution in [2.75, 3.05) is 13.7 Å². The fourth-order valence-corrected chi connectivity index (χ4v) is 1.91. The fraction of sp³-hybridized carbons (Fsp3) is 0.467. The number of rotatable bonds is 6. The van der Waals surface area contributed by atoms with Crippen LogP contribution in [0.15, 0.2) is 22.7 Å². The lowest BCUT2D eigenvalue weighted by atomic mass is 10.0. The highest BCUT2D eigenvalue weighted by molar-refractivity contribution is 9.10. The number of carbonyl (C=O) groups excluding carboxylic acids is 2. The Kier molecular flexibility index (Phi) is 6.20. The van der Waals surface area contributed by atoms with E-state index in [1.54, 1.807) is 18.2 Å². The second-order valence-electron chi connectivity index (χ2n) is 5.21. The van der Waals surface area contributed by atoms with E-state index in [-0.39, 0.29) is 18.1 Å². The topological polar surface area (TPSA) is 64.6 Å². The smallest absolute Gasteiger partial charge is 0.339 e. The SMILES string of the molecule is CCC(C)(C)NC(=O)COC(=O)c1cc(OC)ccc1Br. The second kappa shape index (κ2) is 7.45. The number of benzene rings is 1. The van der Waals surface area contributed by atoms with Crippen molar-refractivity contribution in [1.82, 2.24) is 5.32 Å². The average molecular weight is 358 g/mol. The van der Waals surface area contributed by atoms with Crippen molar-refractivity contribution in [3.8, 4) is 5.75 Å². The lowest BCUT2D eigenvalue weighted by Gasteiger charge is -2.24. The van der Waals surface area contributed by atoms with E-state index in [1.165, 1.54) is 7.11 Å². The molecule has 6 heteroatoms. The molecular weight excluding hydrogens is 338 g/mol. The number of hydrogen-bond acceptors (Lipinski definition) is 4. The van der Waals surface area contributed by atoms with Crippen LogP contribution in [-0.4, -0.2) is 31.1 Å². The van der Waals surface area contributed by atoms with E-state index in [9.17, 15) is 9.59 Å². The zero-order valence-electron chi connectivity index (χ0n) is 12.7. The quantitative estimate of drug-likeness (QED) is 0.795. The summed E-state index contributed by atoms with van der Waals surface area (Å²) in [6.45, 7) is 5.47. The van der Waals surface area contributed by atoms with Gasteiger partial charge in [0, 0.05) is 10.0 Å². The maximum Gasteiger partial charge on any atom is 0.339 e.